The number of nitrogens with one attached hydrogen (secondary N) is 2. The molecule has 0 aliphatic heterocycles. The second-order valence-electron chi connectivity index (χ2n) is 9.13. The van der Waals surface area contributed by atoms with Gasteiger partial charge in [-0.2, -0.15) is 0 Å². The maximum absolute atomic E-state index is 12.5. The number of alkyl carbamates (subject to hydrolysis) is 1. The number of amides is 2. The van der Waals surface area contributed by atoms with Crippen LogP contribution in [0.1, 0.15) is 45.7 Å². The molecule has 0 spiro atoms. The summed E-state index contributed by atoms with van der Waals surface area (Å²) in [5.41, 5.74) is 2.21. The highest BCUT2D eigenvalue weighted by atomic mass is 16.6. The molecule has 0 aromatic heterocycles. The topological polar surface area (TPSA) is 93.7 Å². The molecule has 1 unspecified atom stereocenters. The summed E-state index contributed by atoms with van der Waals surface area (Å²) in [5, 5.41) is 7.55. The molecule has 0 radical (unpaired) electrons. The van der Waals surface area contributed by atoms with Crippen LogP contribution in [0.25, 0.3) is 21.9 Å². The van der Waals surface area contributed by atoms with Crippen LogP contribution in [0, 0.1) is 0 Å². The van der Waals surface area contributed by atoms with Crippen molar-refractivity contribution in [1.29, 1.82) is 0 Å². The van der Waals surface area contributed by atoms with Gasteiger partial charge in [0.05, 0.1) is 19.1 Å². The molecule has 0 saturated carbocycles. The molecule has 0 aliphatic rings. The molecule has 7 nitrogen and oxygen atoms in total. The zero-order chi connectivity index (χ0) is 25.4. The average molecular weight is 477 g/mol. The highest BCUT2D eigenvalue weighted by Gasteiger charge is 2.21. The Kier molecular flexibility index (Phi) is 8.47. The second-order valence-corrected chi connectivity index (χ2v) is 9.13. The van der Waals surface area contributed by atoms with E-state index in [2.05, 4.69) is 34.9 Å². The summed E-state index contributed by atoms with van der Waals surface area (Å²) >= 11 is 0. The summed E-state index contributed by atoms with van der Waals surface area (Å²) in [5.74, 6) is -0.862. The average Bonchev–Trinajstić information content (AvgIpc) is 2.81. The van der Waals surface area contributed by atoms with Crippen LogP contribution in [0.3, 0.4) is 0 Å². The Hall–Kier alpha value is -3.87. The number of ether oxygens (including phenoxy) is 2. The monoisotopic (exact) mass is 476 g/mol. The Balaban J connectivity index is 1.76. The zero-order valence-corrected chi connectivity index (χ0v) is 20.6. The van der Waals surface area contributed by atoms with Gasteiger partial charge in [0.2, 0.25) is 5.91 Å². The fourth-order valence-electron chi connectivity index (χ4n) is 3.72. The van der Waals surface area contributed by atoms with Gasteiger partial charge in [-0.25, -0.2) is 4.79 Å². The van der Waals surface area contributed by atoms with Crippen LogP contribution < -0.4 is 10.6 Å². The number of fused-ring (bicyclic) bond motifs is 1. The summed E-state index contributed by atoms with van der Waals surface area (Å²) in [6, 6.07) is 21.5. The predicted molar refractivity (Wildman–Crippen MR) is 136 cm³/mol. The minimum atomic E-state index is -0.686. The van der Waals surface area contributed by atoms with Gasteiger partial charge in [-0.05, 0) is 55.2 Å². The normalized spacial score (nSPS) is 12.0. The first-order valence-corrected chi connectivity index (χ1v) is 11.7. The summed E-state index contributed by atoms with van der Waals surface area (Å²) < 4.78 is 10.2. The van der Waals surface area contributed by atoms with Crippen LogP contribution in [0.15, 0.2) is 66.7 Å². The number of rotatable bonds is 8. The van der Waals surface area contributed by atoms with E-state index in [1.807, 2.05) is 42.5 Å². The van der Waals surface area contributed by atoms with Crippen molar-refractivity contribution in [3.05, 3.63) is 72.3 Å². The van der Waals surface area contributed by atoms with Crippen LogP contribution in [0.2, 0.25) is 0 Å². The van der Waals surface area contributed by atoms with Gasteiger partial charge in [-0.3, -0.25) is 9.59 Å². The van der Waals surface area contributed by atoms with Crippen LogP contribution in [0.5, 0.6) is 0 Å². The van der Waals surface area contributed by atoms with E-state index in [1.165, 1.54) is 0 Å². The standard InChI is InChI=1S/C28H32N2O5/c1-5-34-26(32)17-24(30-25(31)18-29-27(33)35-28(2,3)4)21-15-13-20(14-16-21)23-12-8-10-19-9-6-7-11-22(19)23/h6-16,24H,5,17-18H2,1-4H3,(H,29,33)(H,30,31). The number of carbonyl (C=O) groups is 3. The second kappa shape index (κ2) is 11.5. The molecule has 0 heterocycles. The van der Waals surface area contributed by atoms with Crippen LogP contribution >= 0.6 is 0 Å². The Morgan fingerprint density at radius 2 is 1.60 bits per heavy atom. The number of hydrogen-bond donors (Lipinski definition) is 2. The minimum absolute atomic E-state index is 0.0281. The molecule has 3 aromatic rings. The molecule has 3 aromatic carbocycles. The van der Waals surface area contributed by atoms with Crippen LogP contribution in [-0.2, 0) is 19.1 Å². The molecule has 0 fully saturated rings. The maximum Gasteiger partial charge on any atom is 0.408 e. The summed E-state index contributed by atoms with van der Waals surface area (Å²) in [6.45, 7) is 6.93. The van der Waals surface area contributed by atoms with E-state index >= 15 is 0 Å². The van der Waals surface area contributed by atoms with Gasteiger partial charge in [0, 0.05) is 0 Å². The van der Waals surface area contributed by atoms with Crippen molar-refractivity contribution in [2.75, 3.05) is 13.2 Å². The third-order valence-electron chi connectivity index (χ3n) is 5.22. The van der Waals surface area contributed by atoms with E-state index in [0.717, 1.165) is 27.5 Å². The predicted octanol–water partition coefficient (Wildman–Crippen LogP) is 5.14. The van der Waals surface area contributed by atoms with Gasteiger partial charge in [-0.15, -0.1) is 0 Å². The van der Waals surface area contributed by atoms with E-state index in [4.69, 9.17) is 9.47 Å². The number of carbonyl (C=O) groups excluding carboxylic acids is 3. The van der Waals surface area contributed by atoms with Crippen molar-refractivity contribution in [2.45, 2.75) is 45.8 Å². The largest absolute Gasteiger partial charge is 0.466 e. The van der Waals surface area contributed by atoms with Gasteiger partial charge in [0.1, 0.15) is 12.1 Å². The van der Waals surface area contributed by atoms with Crippen molar-refractivity contribution in [3.63, 3.8) is 0 Å². The van der Waals surface area contributed by atoms with Crippen molar-refractivity contribution < 1.29 is 23.9 Å². The fourth-order valence-corrected chi connectivity index (χ4v) is 3.72. The summed E-state index contributed by atoms with van der Waals surface area (Å²) in [6.07, 6.45) is -0.714. The minimum Gasteiger partial charge on any atom is -0.466 e. The molecular weight excluding hydrogens is 444 g/mol. The Labute approximate surface area is 205 Å². The molecule has 0 saturated heterocycles. The smallest absolute Gasteiger partial charge is 0.408 e. The maximum atomic E-state index is 12.5. The molecular formula is C28H32N2O5. The fraction of sp³-hybridized carbons (Fsp3) is 0.321. The van der Waals surface area contributed by atoms with Crippen molar-refractivity contribution in [3.8, 4) is 11.1 Å². The lowest BCUT2D eigenvalue weighted by molar-refractivity contribution is -0.143. The summed E-state index contributed by atoms with van der Waals surface area (Å²) in [4.78, 5) is 36.6. The number of benzene rings is 3. The third kappa shape index (κ3) is 7.57. The van der Waals surface area contributed by atoms with E-state index < -0.39 is 29.6 Å². The van der Waals surface area contributed by atoms with Gasteiger partial charge in [0.15, 0.2) is 0 Å². The first kappa shape index (κ1) is 25.7. The lowest BCUT2D eigenvalue weighted by Crippen LogP contribution is -2.41. The van der Waals surface area contributed by atoms with Crippen LogP contribution in [-0.4, -0.2) is 36.7 Å². The van der Waals surface area contributed by atoms with E-state index in [0.29, 0.717) is 0 Å². The van der Waals surface area contributed by atoms with Crippen LogP contribution in [0.4, 0.5) is 4.79 Å². The zero-order valence-electron chi connectivity index (χ0n) is 20.6. The molecule has 7 heteroatoms. The van der Waals surface area contributed by atoms with Gasteiger partial charge < -0.3 is 20.1 Å². The SMILES string of the molecule is CCOC(=O)CC(NC(=O)CNC(=O)OC(C)(C)C)c1ccc(-c2cccc3ccccc23)cc1. The molecule has 0 aliphatic carbocycles. The van der Waals surface area contributed by atoms with Gasteiger partial charge in [-0.1, -0.05) is 66.7 Å². The molecule has 184 valence electrons. The van der Waals surface area contributed by atoms with Gasteiger partial charge in [0.25, 0.3) is 0 Å². The molecule has 1 atom stereocenters. The highest BCUT2D eigenvalue weighted by Crippen LogP contribution is 2.30. The Morgan fingerprint density at radius 3 is 2.29 bits per heavy atom. The van der Waals surface area contributed by atoms with Crippen molar-refractivity contribution in [1.82, 2.24) is 10.6 Å². The van der Waals surface area contributed by atoms with Gasteiger partial charge >= 0.3 is 12.1 Å². The summed E-state index contributed by atoms with van der Waals surface area (Å²) in [7, 11) is 0. The molecule has 35 heavy (non-hydrogen) atoms. The Morgan fingerprint density at radius 1 is 0.914 bits per heavy atom. The number of hydrogen-bond acceptors (Lipinski definition) is 5. The van der Waals surface area contributed by atoms with E-state index in [-0.39, 0.29) is 19.6 Å². The molecule has 2 amide bonds. The molecule has 0 bridgehead atoms. The molecule has 2 N–H and O–H groups in total. The lowest BCUT2D eigenvalue weighted by Gasteiger charge is -2.21. The highest BCUT2D eigenvalue weighted by molar-refractivity contribution is 5.96. The van der Waals surface area contributed by atoms with Crippen molar-refractivity contribution in [2.24, 2.45) is 0 Å². The quantitative estimate of drug-likeness (QED) is 0.439. The first-order valence-electron chi connectivity index (χ1n) is 11.7. The Bertz CT molecular complexity index is 1180. The third-order valence-corrected chi connectivity index (χ3v) is 5.22. The van der Waals surface area contributed by atoms with Crippen molar-refractivity contribution >= 4 is 28.7 Å². The van der Waals surface area contributed by atoms with E-state index in [1.54, 1.807) is 27.7 Å². The van der Waals surface area contributed by atoms with E-state index in [9.17, 15) is 14.4 Å². The number of esters is 1. The lowest BCUT2D eigenvalue weighted by atomic mass is 9.95. The molecule has 3 rings (SSSR count). The first-order chi connectivity index (χ1) is 16.7.